The topological polar surface area (TPSA) is 35.2 Å². The minimum absolute atomic E-state index is 0.193. The summed E-state index contributed by atoms with van der Waals surface area (Å²) in [4.78, 5) is 1.37. The van der Waals surface area contributed by atoms with Crippen LogP contribution in [-0.2, 0) is 11.3 Å². The highest BCUT2D eigenvalue weighted by Crippen LogP contribution is 2.42. The van der Waals surface area contributed by atoms with Crippen LogP contribution in [0.5, 0.6) is 0 Å². The van der Waals surface area contributed by atoms with Gasteiger partial charge in [0.2, 0.25) is 0 Å². The van der Waals surface area contributed by atoms with E-state index in [9.17, 15) is 0 Å². The van der Waals surface area contributed by atoms with Gasteiger partial charge < -0.3 is 10.5 Å². The van der Waals surface area contributed by atoms with Gasteiger partial charge in [-0.15, -0.1) is 11.8 Å². The summed E-state index contributed by atoms with van der Waals surface area (Å²) in [6.45, 7) is 1.56. The summed E-state index contributed by atoms with van der Waals surface area (Å²) in [6.07, 6.45) is 4.87. The number of ether oxygens (including phenoxy) is 1. The number of hydrogen-bond acceptors (Lipinski definition) is 4. The van der Waals surface area contributed by atoms with E-state index in [1.165, 1.54) is 47.6 Å². The van der Waals surface area contributed by atoms with Crippen LogP contribution in [0.2, 0.25) is 0 Å². The standard InChI is InChI=1S/C16H23NOS2/c17-12-13-1-3-14(4-2-13)20-15-5-8-18-16(11-15)6-9-19-10-7-16/h1-4,15H,5-12,17H2. The maximum absolute atomic E-state index is 6.17. The fraction of sp³-hybridized carbons (Fsp3) is 0.625. The quantitative estimate of drug-likeness (QED) is 0.924. The molecule has 0 aliphatic carbocycles. The lowest BCUT2D eigenvalue weighted by Crippen LogP contribution is -2.43. The highest BCUT2D eigenvalue weighted by atomic mass is 32.2. The molecule has 2 N–H and O–H groups in total. The molecule has 0 radical (unpaired) electrons. The van der Waals surface area contributed by atoms with E-state index in [0.717, 1.165) is 6.61 Å². The second-order valence-electron chi connectivity index (χ2n) is 5.72. The summed E-state index contributed by atoms with van der Waals surface area (Å²) >= 11 is 4.10. The number of thioether (sulfide) groups is 2. The van der Waals surface area contributed by atoms with Crippen LogP contribution in [0.1, 0.15) is 31.2 Å². The third-order valence-electron chi connectivity index (χ3n) is 4.31. The Hall–Kier alpha value is -0.160. The van der Waals surface area contributed by atoms with Crippen molar-refractivity contribution in [3.63, 3.8) is 0 Å². The first-order chi connectivity index (χ1) is 9.80. The highest BCUT2D eigenvalue weighted by molar-refractivity contribution is 8.00. The molecule has 0 saturated carbocycles. The molecular weight excluding hydrogens is 286 g/mol. The van der Waals surface area contributed by atoms with Crippen molar-refractivity contribution in [2.45, 2.75) is 48.0 Å². The van der Waals surface area contributed by atoms with E-state index in [1.807, 2.05) is 11.8 Å². The third kappa shape index (κ3) is 3.53. The molecule has 0 bridgehead atoms. The van der Waals surface area contributed by atoms with Gasteiger partial charge in [-0.2, -0.15) is 11.8 Å². The first-order valence-corrected chi connectivity index (χ1v) is 9.50. The van der Waals surface area contributed by atoms with Crippen molar-refractivity contribution < 1.29 is 4.74 Å². The van der Waals surface area contributed by atoms with Crippen molar-refractivity contribution in [2.75, 3.05) is 18.1 Å². The molecular formula is C16H23NOS2. The Labute approximate surface area is 130 Å². The zero-order valence-corrected chi connectivity index (χ0v) is 13.5. The molecule has 1 aromatic rings. The Morgan fingerprint density at radius 2 is 2.00 bits per heavy atom. The average molecular weight is 310 g/mol. The van der Waals surface area contributed by atoms with E-state index in [2.05, 4.69) is 36.0 Å². The zero-order valence-electron chi connectivity index (χ0n) is 11.8. The molecule has 2 heterocycles. The fourth-order valence-corrected chi connectivity index (χ4v) is 5.59. The van der Waals surface area contributed by atoms with Gasteiger partial charge in [-0.3, -0.25) is 0 Å². The van der Waals surface area contributed by atoms with E-state index in [4.69, 9.17) is 10.5 Å². The van der Waals surface area contributed by atoms with Crippen LogP contribution in [0.4, 0.5) is 0 Å². The Morgan fingerprint density at radius 1 is 1.25 bits per heavy atom. The molecule has 2 fully saturated rings. The van der Waals surface area contributed by atoms with Crippen molar-refractivity contribution in [3.8, 4) is 0 Å². The minimum Gasteiger partial charge on any atom is -0.375 e. The molecule has 0 aromatic heterocycles. The molecule has 0 amide bonds. The molecule has 4 heteroatoms. The molecule has 2 saturated heterocycles. The van der Waals surface area contributed by atoms with E-state index >= 15 is 0 Å². The Bertz CT molecular complexity index is 423. The van der Waals surface area contributed by atoms with E-state index in [1.54, 1.807) is 0 Å². The van der Waals surface area contributed by atoms with Crippen molar-refractivity contribution >= 4 is 23.5 Å². The summed E-state index contributed by atoms with van der Waals surface area (Å²) in [5.74, 6) is 2.53. The molecule has 2 aliphatic rings. The normalized spacial score (nSPS) is 25.8. The molecule has 3 rings (SSSR count). The Morgan fingerprint density at radius 3 is 2.70 bits per heavy atom. The number of nitrogens with two attached hydrogens (primary N) is 1. The molecule has 1 atom stereocenters. The maximum Gasteiger partial charge on any atom is 0.0709 e. The van der Waals surface area contributed by atoms with Gasteiger partial charge in [-0.05, 0) is 54.9 Å². The number of benzene rings is 1. The lowest BCUT2D eigenvalue weighted by atomic mass is 9.88. The van der Waals surface area contributed by atoms with Gasteiger partial charge in [-0.25, -0.2) is 0 Å². The van der Waals surface area contributed by atoms with Crippen LogP contribution in [0, 0.1) is 0 Å². The van der Waals surface area contributed by atoms with Gasteiger partial charge in [0.05, 0.1) is 5.60 Å². The maximum atomic E-state index is 6.17. The predicted octanol–water partition coefficient (Wildman–Crippen LogP) is 3.68. The summed E-state index contributed by atoms with van der Waals surface area (Å²) < 4.78 is 6.17. The third-order valence-corrected chi connectivity index (χ3v) is 6.58. The van der Waals surface area contributed by atoms with Crippen LogP contribution >= 0.6 is 23.5 Å². The summed E-state index contributed by atoms with van der Waals surface area (Å²) in [6, 6.07) is 8.72. The SMILES string of the molecule is NCc1ccc(SC2CCOC3(CCSCC3)C2)cc1. The average Bonchev–Trinajstić information content (AvgIpc) is 2.49. The van der Waals surface area contributed by atoms with Crippen molar-refractivity contribution in [2.24, 2.45) is 5.73 Å². The second kappa shape index (κ2) is 6.73. The smallest absolute Gasteiger partial charge is 0.0709 e. The van der Waals surface area contributed by atoms with E-state index in [-0.39, 0.29) is 5.60 Å². The molecule has 2 nitrogen and oxygen atoms in total. The monoisotopic (exact) mass is 309 g/mol. The van der Waals surface area contributed by atoms with Crippen molar-refractivity contribution in [1.82, 2.24) is 0 Å². The molecule has 110 valence electrons. The predicted molar refractivity (Wildman–Crippen MR) is 88.5 cm³/mol. The lowest BCUT2D eigenvalue weighted by Gasteiger charge is -2.43. The first-order valence-electron chi connectivity index (χ1n) is 7.47. The minimum atomic E-state index is 0.193. The molecule has 2 aliphatic heterocycles. The summed E-state index contributed by atoms with van der Waals surface area (Å²) in [5, 5.41) is 0.704. The van der Waals surface area contributed by atoms with E-state index < -0.39 is 0 Å². The molecule has 1 spiro atoms. The fourth-order valence-electron chi connectivity index (χ4n) is 3.07. The van der Waals surface area contributed by atoms with Crippen LogP contribution in [0.25, 0.3) is 0 Å². The molecule has 1 aromatic carbocycles. The first kappa shape index (κ1) is 14.8. The van der Waals surface area contributed by atoms with Crippen LogP contribution in [0.15, 0.2) is 29.2 Å². The number of rotatable bonds is 3. The van der Waals surface area contributed by atoms with E-state index in [0.29, 0.717) is 11.8 Å². The molecule has 20 heavy (non-hydrogen) atoms. The van der Waals surface area contributed by atoms with Gasteiger partial charge >= 0.3 is 0 Å². The van der Waals surface area contributed by atoms with Crippen LogP contribution in [-0.4, -0.2) is 29.0 Å². The van der Waals surface area contributed by atoms with Gasteiger partial charge in [0, 0.05) is 23.3 Å². The van der Waals surface area contributed by atoms with Crippen molar-refractivity contribution in [1.29, 1.82) is 0 Å². The number of hydrogen-bond donors (Lipinski definition) is 1. The van der Waals surface area contributed by atoms with Gasteiger partial charge in [0.15, 0.2) is 0 Å². The Balaban J connectivity index is 1.61. The largest absolute Gasteiger partial charge is 0.375 e. The summed E-state index contributed by atoms with van der Waals surface area (Å²) in [5.41, 5.74) is 7.06. The molecule has 1 unspecified atom stereocenters. The van der Waals surface area contributed by atoms with Gasteiger partial charge in [-0.1, -0.05) is 12.1 Å². The van der Waals surface area contributed by atoms with Crippen molar-refractivity contribution in [3.05, 3.63) is 29.8 Å². The Kier molecular flexibility index (Phi) is 4.97. The van der Waals surface area contributed by atoms with Gasteiger partial charge in [0.25, 0.3) is 0 Å². The second-order valence-corrected chi connectivity index (χ2v) is 8.32. The lowest BCUT2D eigenvalue weighted by molar-refractivity contribution is -0.0804. The van der Waals surface area contributed by atoms with Gasteiger partial charge in [0.1, 0.15) is 0 Å². The summed E-state index contributed by atoms with van der Waals surface area (Å²) in [7, 11) is 0. The zero-order chi connectivity index (χ0) is 13.8. The highest BCUT2D eigenvalue weighted by Gasteiger charge is 2.38. The van der Waals surface area contributed by atoms with Crippen LogP contribution < -0.4 is 5.73 Å². The van der Waals surface area contributed by atoms with Crippen LogP contribution in [0.3, 0.4) is 0 Å².